The molecule has 1 atom stereocenters. The van der Waals surface area contributed by atoms with Gasteiger partial charge in [-0.1, -0.05) is 54.6 Å². The fraction of sp³-hybridized carbons (Fsp3) is 0.143. The molecule has 19 heavy (non-hydrogen) atoms. The molecular formula is C14H15NO3S. The van der Waals surface area contributed by atoms with Crippen LogP contribution in [0.15, 0.2) is 54.6 Å². The molecular weight excluding hydrogens is 262 g/mol. The lowest BCUT2D eigenvalue weighted by atomic mass is 10.0. The van der Waals surface area contributed by atoms with Gasteiger partial charge in [-0.05, 0) is 16.7 Å². The van der Waals surface area contributed by atoms with Gasteiger partial charge in [0.1, 0.15) is 0 Å². The van der Waals surface area contributed by atoms with Crippen molar-refractivity contribution >= 4 is 10.1 Å². The summed E-state index contributed by atoms with van der Waals surface area (Å²) in [4.78, 5) is 0. The quantitative estimate of drug-likeness (QED) is 0.840. The highest BCUT2D eigenvalue weighted by atomic mass is 32.2. The zero-order valence-corrected chi connectivity index (χ0v) is 11.0. The second-order valence-electron chi connectivity index (χ2n) is 4.34. The third-order valence-electron chi connectivity index (χ3n) is 2.84. The standard InChI is InChI=1S/C14H15NO3S/c15-14(10-19(16,17)18)13-8-6-12(7-9-13)11-4-2-1-3-5-11/h1-9,14H,10,15H2,(H,16,17,18). The number of benzene rings is 2. The fourth-order valence-electron chi connectivity index (χ4n) is 1.88. The Morgan fingerprint density at radius 1 is 0.947 bits per heavy atom. The zero-order valence-electron chi connectivity index (χ0n) is 10.2. The first-order valence-electron chi connectivity index (χ1n) is 5.82. The summed E-state index contributed by atoms with van der Waals surface area (Å²) in [7, 11) is -4.06. The van der Waals surface area contributed by atoms with E-state index in [1.807, 2.05) is 42.5 Å². The number of rotatable bonds is 4. The number of hydrogen-bond donors (Lipinski definition) is 2. The van der Waals surface area contributed by atoms with Crippen molar-refractivity contribution in [3.63, 3.8) is 0 Å². The van der Waals surface area contributed by atoms with Crippen LogP contribution in [0.25, 0.3) is 11.1 Å². The third kappa shape index (κ3) is 3.89. The van der Waals surface area contributed by atoms with Gasteiger partial charge in [0, 0.05) is 6.04 Å². The lowest BCUT2D eigenvalue weighted by molar-refractivity contribution is 0.478. The maximum Gasteiger partial charge on any atom is 0.266 e. The summed E-state index contributed by atoms with van der Waals surface area (Å²) in [5.41, 5.74) is 8.52. The van der Waals surface area contributed by atoms with Crippen LogP contribution in [0.2, 0.25) is 0 Å². The van der Waals surface area contributed by atoms with Crippen LogP contribution in [-0.2, 0) is 10.1 Å². The summed E-state index contributed by atoms with van der Waals surface area (Å²) in [6, 6.07) is 16.4. The number of hydrogen-bond acceptors (Lipinski definition) is 3. The molecule has 0 aliphatic heterocycles. The van der Waals surface area contributed by atoms with E-state index < -0.39 is 21.9 Å². The largest absolute Gasteiger partial charge is 0.323 e. The minimum atomic E-state index is -4.06. The topological polar surface area (TPSA) is 80.4 Å². The van der Waals surface area contributed by atoms with Crippen LogP contribution in [0.3, 0.4) is 0 Å². The molecule has 1 unspecified atom stereocenters. The van der Waals surface area contributed by atoms with Gasteiger partial charge in [0.05, 0.1) is 5.75 Å². The molecule has 0 bridgehead atoms. The van der Waals surface area contributed by atoms with E-state index in [4.69, 9.17) is 10.3 Å². The van der Waals surface area contributed by atoms with Gasteiger partial charge in [0.2, 0.25) is 0 Å². The third-order valence-corrected chi connectivity index (χ3v) is 3.62. The molecule has 100 valence electrons. The monoisotopic (exact) mass is 277 g/mol. The van der Waals surface area contributed by atoms with E-state index in [2.05, 4.69) is 0 Å². The van der Waals surface area contributed by atoms with Crippen LogP contribution in [0.1, 0.15) is 11.6 Å². The number of nitrogens with two attached hydrogens (primary N) is 1. The Morgan fingerprint density at radius 2 is 1.47 bits per heavy atom. The van der Waals surface area contributed by atoms with Gasteiger partial charge in [0.15, 0.2) is 0 Å². The Bertz CT molecular complexity index is 636. The van der Waals surface area contributed by atoms with Gasteiger partial charge in [0.25, 0.3) is 10.1 Å². The average Bonchev–Trinajstić information content (AvgIpc) is 2.38. The highest BCUT2D eigenvalue weighted by Gasteiger charge is 2.14. The van der Waals surface area contributed by atoms with Crippen LogP contribution < -0.4 is 5.73 Å². The first-order valence-corrected chi connectivity index (χ1v) is 7.43. The van der Waals surface area contributed by atoms with Crippen LogP contribution in [0.5, 0.6) is 0 Å². The minimum absolute atomic E-state index is 0.475. The van der Waals surface area contributed by atoms with Crippen molar-refractivity contribution in [2.24, 2.45) is 5.73 Å². The van der Waals surface area contributed by atoms with Crippen molar-refractivity contribution in [2.45, 2.75) is 6.04 Å². The van der Waals surface area contributed by atoms with Gasteiger partial charge in [-0.3, -0.25) is 4.55 Å². The molecule has 4 nitrogen and oxygen atoms in total. The summed E-state index contributed by atoms with van der Waals surface area (Å²) in [6.45, 7) is 0. The molecule has 3 N–H and O–H groups in total. The van der Waals surface area contributed by atoms with Crippen LogP contribution in [0, 0.1) is 0 Å². The van der Waals surface area contributed by atoms with E-state index in [9.17, 15) is 8.42 Å². The SMILES string of the molecule is NC(CS(=O)(=O)O)c1ccc(-c2ccccc2)cc1. The summed E-state index contributed by atoms with van der Waals surface area (Å²) in [6.07, 6.45) is 0. The average molecular weight is 277 g/mol. The van der Waals surface area contributed by atoms with E-state index >= 15 is 0 Å². The molecule has 0 saturated carbocycles. The molecule has 0 saturated heterocycles. The Balaban J connectivity index is 2.19. The molecule has 2 aromatic carbocycles. The Morgan fingerprint density at radius 3 is 2.00 bits per heavy atom. The maximum atomic E-state index is 10.8. The first kappa shape index (κ1) is 13.7. The van der Waals surface area contributed by atoms with Gasteiger partial charge >= 0.3 is 0 Å². The maximum absolute atomic E-state index is 10.8. The minimum Gasteiger partial charge on any atom is -0.323 e. The fourth-order valence-corrected chi connectivity index (χ4v) is 2.52. The second kappa shape index (κ2) is 5.52. The summed E-state index contributed by atoms with van der Waals surface area (Å²) in [5.74, 6) is -0.475. The van der Waals surface area contributed by atoms with Crippen molar-refractivity contribution in [1.82, 2.24) is 0 Å². The van der Waals surface area contributed by atoms with Gasteiger partial charge < -0.3 is 5.73 Å². The highest BCUT2D eigenvalue weighted by molar-refractivity contribution is 7.85. The first-order chi connectivity index (χ1) is 8.96. The Kier molecular flexibility index (Phi) is 3.99. The lowest BCUT2D eigenvalue weighted by Gasteiger charge is -2.11. The van der Waals surface area contributed by atoms with E-state index in [1.54, 1.807) is 12.1 Å². The molecule has 0 aliphatic carbocycles. The van der Waals surface area contributed by atoms with Crippen molar-refractivity contribution in [1.29, 1.82) is 0 Å². The second-order valence-corrected chi connectivity index (χ2v) is 5.84. The molecule has 2 aromatic rings. The normalized spacial score (nSPS) is 13.2. The summed E-state index contributed by atoms with van der Waals surface area (Å²) < 4.78 is 30.3. The van der Waals surface area contributed by atoms with Gasteiger partial charge in [-0.25, -0.2) is 0 Å². The van der Waals surface area contributed by atoms with Crippen LogP contribution >= 0.6 is 0 Å². The summed E-state index contributed by atoms with van der Waals surface area (Å²) >= 11 is 0. The Labute approximate surface area is 112 Å². The molecule has 0 aliphatic rings. The molecule has 0 spiro atoms. The summed E-state index contributed by atoms with van der Waals surface area (Å²) in [5, 5.41) is 0. The lowest BCUT2D eigenvalue weighted by Crippen LogP contribution is -2.21. The van der Waals surface area contributed by atoms with Crippen molar-refractivity contribution in [3.8, 4) is 11.1 Å². The van der Waals surface area contributed by atoms with Gasteiger partial charge in [-0.2, -0.15) is 8.42 Å². The zero-order chi connectivity index (χ0) is 13.9. The molecule has 0 radical (unpaired) electrons. The van der Waals surface area contributed by atoms with Crippen molar-refractivity contribution in [2.75, 3.05) is 5.75 Å². The predicted octanol–water partition coefficient (Wildman–Crippen LogP) is 2.24. The highest BCUT2D eigenvalue weighted by Crippen LogP contribution is 2.21. The van der Waals surface area contributed by atoms with E-state index in [1.165, 1.54) is 0 Å². The van der Waals surface area contributed by atoms with Crippen LogP contribution in [0.4, 0.5) is 0 Å². The molecule has 5 heteroatoms. The van der Waals surface area contributed by atoms with Crippen LogP contribution in [-0.4, -0.2) is 18.7 Å². The molecule has 0 aromatic heterocycles. The van der Waals surface area contributed by atoms with E-state index in [0.717, 1.165) is 11.1 Å². The smallest absolute Gasteiger partial charge is 0.266 e. The molecule has 0 fully saturated rings. The molecule has 0 amide bonds. The van der Waals surface area contributed by atoms with E-state index in [-0.39, 0.29) is 0 Å². The van der Waals surface area contributed by atoms with Crippen molar-refractivity contribution in [3.05, 3.63) is 60.2 Å². The van der Waals surface area contributed by atoms with E-state index in [0.29, 0.717) is 5.56 Å². The molecule has 0 heterocycles. The van der Waals surface area contributed by atoms with Gasteiger partial charge in [-0.15, -0.1) is 0 Å². The molecule has 2 rings (SSSR count). The predicted molar refractivity (Wildman–Crippen MR) is 75.2 cm³/mol. The Hall–Kier alpha value is -1.69. The van der Waals surface area contributed by atoms with Crippen molar-refractivity contribution < 1.29 is 13.0 Å².